The van der Waals surface area contributed by atoms with Crippen LogP contribution in [0.1, 0.15) is 181 Å². The molecule has 0 saturated carbocycles. The molecule has 0 saturated heterocycles. The summed E-state index contributed by atoms with van der Waals surface area (Å²) in [5, 5.41) is 1.34. The van der Waals surface area contributed by atoms with Gasteiger partial charge in [0.05, 0.1) is 5.69 Å². The number of nitrogens with zero attached hydrogens (tertiary/aromatic N) is 2. The van der Waals surface area contributed by atoms with Gasteiger partial charge in [-0.25, -0.2) is 0 Å². The van der Waals surface area contributed by atoms with Crippen LogP contribution in [0.3, 0.4) is 0 Å². The predicted molar refractivity (Wildman–Crippen MR) is 322 cm³/mol. The molecule has 13 rings (SSSR count). The summed E-state index contributed by atoms with van der Waals surface area (Å²) in [7, 11) is 0. The standard InChI is InChI=1S/C70H75BN2S/c1-64(2,3)40-22-27-43(28-23-40)72-61-51-34-42(66(7,8)9)26-31-58(51)74-63(61)71-60-50(36-49-45-20-18-19-21-52(45)70(16,17)59(49)62(60)72)48-35-46-47-37-55-56(68(12,13)33-32-67(55,10)11)38-53(47)69(14,15)54(46)39-57(48)73(71)44-29-24-41(25-30-44)65(4,5)6/h18-31,34-39H,32-33H2,1-17H3. The van der Waals surface area contributed by atoms with Crippen LogP contribution in [-0.4, -0.2) is 6.85 Å². The van der Waals surface area contributed by atoms with E-state index in [9.17, 15) is 0 Å². The molecule has 0 radical (unpaired) electrons. The van der Waals surface area contributed by atoms with Gasteiger partial charge in [0.25, 0.3) is 0 Å². The Hall–Kier alpha value is -5.84. The third-order valence-corrected chi connectivity index (χ3v) is 20.2. The van der Waals surface area contributed by atoms with E-state index in [0.717, 1.165) is 0 Å². The van der Waals surface area contributed by atoms with Gasteiger partial charge in [0, 0.05) is 54.0 Å². The summed E-state index contributed by atoms with van der Waals surface area (Å²) in [6.07, 6.45) is 2.40. The summed E-state index contributed by atoms with van der Waals surface area (Å²) >= 11 is 2.01. The average Bonchev–Trinajstić information content (AvgIpc) is 3.97. The Labute approximate surface area is 447 Å². The van der Waals surface area contributed by atoms with Gasteiger partial charge < -0.3 is 9.71 Å². The van der Waals surface area contributed by atoms with Gasteiger partial charge in [-0.1, -0.05) is 178 Å². The lowest BCUT2D eigenvalue weighted by Crippen LogP contribution is -2.61. The van der Waals surface area contributed by atoms with E-state index in [1.807, 2.05) is 11.3 Å². The lowest BCUT2D eigenvalue weighted by Gasteiger charge is -2.47. The van der Waals surface area contributed by atoms with Crippen molar-refractivity contribution in [3.05, 3.63) is 171 Å². The molecule has 1 aromatic heterocycles. The molecule has 2 nitrogen and oxygen atoms in total. The third kappa shape index (κ3) is 6.55. The molecule has 0 N–H and O–H groups in total. The summed E-state index contributed by atoms with van der Waals surface area (Å²) in [5.74, 6) is 0. The summed E-state index contributed by atoms with van der Waals surface area (Å²) in [4.78, 5) is 5.55. The minimum Gasteiger partial charge on any atom is -0.376 e. The van der Waals surface area contributed by atoms with Crippen LogP contribution in [0.15, 0.2) is 121 Å². The van der Waals surface area contributed by atoms with Crippen molar-refractivity contribution in [2.45, 2.75) is 168 Å². The quantitative estimate of drug-likeness (QED) is 0.159. The van der Waals surface area contributed by atoms with Crippen molar-refractivity contribution in [2.24, 2.45) is 0 Å². The Morgan fingerprint density at radius 1 is 0.446 bits per heavy atom. The van der Waals surface area contributed by atoms with Gasteiger partial charge in [0.15, 0.2) is 0 Å². The van der Waals surface area contributed by atoms with E-state index in [4.69, 9.17) is 0 Å². The Kier molecular flexibility index (Phi) is 9.68. The normalized spacial score (nSPS) is 18.0. The molecular weight excluding hydrogens is 912 g/mol. The number of anilines is 5. The predicted octanol–water partition coefficient (Wildman–Crippen LogP) is 18.5. The lowest BCUT2D eigenvalue weighted by atomic mass is 9.45. The summed E-state index contributed by atoms with van der Waals surface area (Å²) < 4.78 is 2.74. The monoisotopic (exact) mass is 987 g/mol. The first-order valence-corrected chi connectivity index (χ1v) is 28.5. The number of rotatable bonds is 2. The minimum atomic E-state index is -0.273. The molecule has 5 aliphatic rings. The fourth-order valence-corrected chi connectivity index (χ4v) is 15.6. The average molecular weight is 987 g/mol. The molecule has 0 atom stereocenters. The van der Waals surface area contributed by atoms with Crippen LogP contribution in [0.4, 0.5) is 28.4 Å². The van der Waals surface area contributed by atoms with Crippen LogP contribution in [0.5, 0.6) is 0 Å². The topological polar surface area (TPSA) is 6.48 Å². The minimum absolute atomic E-state index is 0.0209. The zero-order valence-corrected chi connectivity index (χ0v) is 48.2. The van der Waals surface area contributed by atoms with Crippen molar-refractivity contribution >= 4 is 66.9 Å². The van der Waals surface area contributed by atoms with Crippen LogP contribution in [-0.2, 0) is 37.9 Å². The molecule has 0 unspecified atom stereocenters. The zero-order valence-electron chi connectivity index (χ0n) is 47.3. The van der Waals surface area contributed by atoms with Crippen LogP contribution in [0.25, 0.3) is 43.5 Å². The maximum absolute atomic E-state index is 2.80. The fourth-order valence-electron chi connectivity index (χ4n) is 14.3. The molecule has 0 amide bonds. The highest BCUT2D eigenvalue weighted by Crippen LogP contribution is 2.62. The second-order valence-electron chi connectivity index (χ2n) is 28.5. The third-order valence-electron chi connectivity index (χ3n) is 19.0. The molecule has 3 aliphatic carbocycles. The molecule has 374 valence electrons. The van der Waals surface area contributed by atoms with E-state index in [1.54, 1.807) is 5.56 Å². The van der Waals surface area contributed by atoms with Gasteiger partial charge in [0.1, 0.15) is 0 Å². The maximum Gasteiger partial charge on any atom is 0.343 e. The van der Waals surface area contributed by atoms with Gasteiger partial charge in [-0.15, -0.1) is 11.3 Å². The molecule has 74 heavy (non-hydrogen) atoms. The number of hydrogen-bond acceptors (Lipinski definition) is 3. The Balaban J connectivity index is 1.20. The highest BCUT2D eigenvalue weighted by atomic mass is 32.1. The Bertz CT molecular complexity index is 3720. The Morgan fingerprint density at radius 2 is 0.986 bits per heavy atom. The van der Waals surface area contributed by atoms with Crippen molar-refractivity contribution in [2.75, 3.05) is 9.71 Å². The highest BCUT2D eigenvalue weighted by molar-refractivity contribution is 7.32. The Morgan fingerprint density at radius 3 is 1.61 bits per heavy atom. The van der Waals surface area contributed by atoms with Crippen LogP contribution in [0, 0.1) is 0 Å². The molecule has 0 bridgehead atoms. The molecular formula is C70H75BN2S. The second kappa shape index (κ2) is 15.0. The van der Waals surface area contributed by atoms with Gasteiger partial charge in [-0.3, -0.25) is 0 Å². The SMILES string of the molecule is CC(C)(C)c1ccc(N2B3c4sc5ccc(C(C)(C)C)cc5c4N(c4ccc(C(C)(C)C)cc4)c4c3c(cc3c4C(C)(C)c4ccccc4-3)-c3cc4c(cc32)C(C)(C)c2cc3c(cc2-4)C(C)(C)CCC3(C)C)cc1. The highest BCUT2D eigenvalue weighted by Gasteiger charge is 2.53. The molecule has 0 fully saturated rings. The van der Waals surface area contributed by atoms with Crippen molar-refractivity contribution in [3.8, 4) is 33.4 Å². The van der Waals surface area contributed by atoms with Gasteiger partial charge in [-0.05, 0) is 184 Å². The summed E-state index contributed by atoms with van der Waals surface area (Å²) in [6.45, 7) is 40.9. The van der Waals surface area contributed by atoms with Gasteiger partial charge in [0.2, 0.25) is 0 Å². The summed E-state index contributed by atoms with van der Waals surface area (Å²) in [5.41, 5.74) is 28.7. The van der Waals surface area contributed by atoms with E-state index in [0.29, 0.717) is 0 Å². The number of benzene rings is 7. The zero-order chi connectivity index (χ0) is 52.4. The molecule has 0 spiro atoms. The van der Waals surface area contributed by atoms with Crippen molar-refractivity contribution in [1.82, 2.24) is 0 Å². The van der Waals surface area contributed by atoms with E-state index < -0.39 is 0 Å². The van der Waals surface area contributed by atoms with Gasteiger partial charge >= 0.3 is 6.85 Å². The first kappa shape index (κ1) is 47.8. The van der Waals surface area contributed by atoms with E-state index >= 15 is 0 Å². The second-order valence-corrected chi connectivity index (χ2v) is 29.6. The number of thiophene rings is 1. The molecule has 7 aromatic carbocycles. The fraction of sp³-hybridized carbons (Fsp3) is 0.371. The van der Waals surface area contributed by atoms with Crippen LogP contribution in [0.2, 0.25) is 0 Å². The first-order chi connectivity index (χ1) is 34.6. The van der Waals surface area contributed by atoms with Crippen molar-refractivity contribution in [1.29, 1.82) is 0 Å². The first-order valence-electron chi connectivity index (χ1n) is 27.7. The molecule has 8 aromatic rings. The van der Waals surface area contributed by atoms with E-state index in [2.05, 4.69) is 249 Å². The summed E-state index contributed by atoms with van der Waals surface area (Å²) in [6, 6.07) is 49.3. The molecule has 4 heteroatoms. The van der Waals surface area contributed by atoms with E-state index in [-0.39, 0.29) is 44.8 Å². The van der Waals surface area contributed by atoms with Crippen LogP contribution >= 0.6 is 11.3 Å². The smallest absolute Gasteiger partial charge is 0.343 e. The van der Waals surface area contributed by atoms with Gasteiger partial charge in [-0.2, -0.15) is 0 Å². The molecule has 3 heterocycles. The number of hydrogen-bond donors (Lipinski definition) is 0. The van der Waals surface area contributed by atoms with Crippen molar-refractivity contribution < 1.29 is 0 Å². The van der Waals surface area contributed by atoms with Crippen LogP contribution < -0.4 is 20.0 Å². The largest absolute Gasteiger partial charge is 0.376 e. The maximum atomic E-state index is 2.80. The molecule has 2 aliphatic heterocycles. The van der Waals surface area contributed by atoms with E-state index in [1.165, 1.54) is 139 Å². The van der Waals surface area contributed by atoms with Crippen molar-refractivity contribution in [3.63, 3.8) is 0 Å². The number of fused-ring (bicyclic) bond motifs is 14. The lowest BCUT2D eigenvalue weighted by molar-refractivity contribution is 0.331.